The van der Waals surface area contributed by atoms with E-state index in [1.165, 1.54) is 37.6 Å². The summed E-state index contributed by atoms with van der Waals surface area (Å²) in [4.78, 5) is 13.0. The molecule has 4 aromatic rings. The minimum atomic E-state index is -4.18. The number of benzene rings is 4. The molecule has 1 N–H and O–H groups in total. The second kappa shape index (κ2) is 14.8. The summed E-state index contributed by atoms with van der Waals surface area (Å²) in [5.74, 6) is 0.587. The monoisotopic (exact) mass is 641 g/mol. The number of nitrogens with zero attached hydrogens (tertiary/aromatic N) is 2. The predicted octanol–water partition coefficient (Wildman–Crippen LogP) is 6.33. The van der Waals surface area contributed by atoms with Crippen molar-refractivity contribution in [2.75, 3.05) is 24.6 Å². The largest absolute Gasteiger partial charge is 0.493 e. The van der Waals surface area contributed by atoms with E-state index in [1.54, 1.807) is 55.5 Å². The fraction of sp³-hybridized carbons (Fsp3) is 0.161. The second-order valence-electron chi connectivity index (χ2n) is 8.95. The summed E-state index contributed by atoms with van der Waals surface area (Å²) in [6.07, 6.45) is 1.41. The van der Waals surface area contributed by atoms with Crippen LogP contribution >= 0.6 is 23.2 Å². The maximum Gasteiger partial charge on any atom is 0.264 e. The molecule has 0 radical (unpaired) electrons. The number of nitrogens with one attached hydrogen (secondary N) is 1. The smallest absolute Gasteiger partial charge is 0.264 e. The fourth-order valence-electron chi connectivity index (χ4n) is 3.97. The number of hydrogen-bond acceptors (Lipinski definition) is 7. The third-order valence-electron chi connectivity index (χ3n) is 6.05. The third-order valence-corrected chi connectivity index (χ3v) is 8.45. The summed E-state index contributed by atoms with van der Waals surface area (Å²) in [6, 6.07) is 24.8. The van der Waals surface area contributed by atoms with Crippen molar-refractivity contribution < 1.29 is 27.4 Å². The zero-order chi connectivity index (χ0) is 30.8. The quantitative estimate of drug-likeness (QED) is 0.135. The Labute approximate surface area is 260 Å². The number of carbonyl (C=O) groups is 1. The lowest BCUT2D eigenvalue weighted by atomic mass is 10.2. The van der Waals surface area contributed by atoms with Gasteiger partial charge < -0.3 is 14.2 Å². The molecule has 0 aromatic heterocycles. The van der Waals surface area contributed by atoms with Crippen LogP contribution in [0.1, 0.15) is 18.1 Å². The van der Waals surface area contributed by atoms with E-state index >= 15 is 0 Å². The van der Waals surface area contributed by atoms with Gasteiger partial charge in [-0.1, -0.05) is 53.5 Å². The van der Waals surface area contributed by atoms with E-state index in [-0.39, 0.29) is 17.2 Å². The third kappa shape index (κ3) is 8.19. The van der Waals surface area contributed by atoms with Crippen molar-refractivity contribution in [1.29, 1.82) is 0 Å². The highest BCUT2D eigenvalue weighted by Crippen LogP contribution is 2.33. The zero-order valence-corrected chi connectivity index (χ0v) is 25.7. The standard InChI is InChI=1S/C31H29Cl2N3O6S/c1-3-41-28-11-7-6-10-27(28)36(43(38,39)25-15-13-24(32)14-16-25)20-31(37)35-34-19-22-12-17-29(30(18-22)40-2)42-21-23-8-4-5-9-26(23)33/h4-19H,3,20-21H2,1-2H3,(H,35,37)/b34-19-. The highest BCUT2D eigenvalue weighted by atomic mass is 35.5. The summed E-state index contributed by atoms with van der Waals surface area (Å²) in [7, 11) is -2.67. The first-order valence-corrected chi connectivity index (χ1v) is 15.3. The fourth-order valence-corrected chi connectivity index (χ4v) is 5.72. The number of anilines is 1. The highest BCUT2D eigenvalue weighted by molar-refractivity contribution is 7.92. The molecule has 0 aliphatic carbocycles. The van der Waals surface area contributed by atoms with Gasteiger partial charge in [-0.25, -0.2) is 13.8 Å². The van der Waals surface area contributed by atoms with Crippen LogP contribution in [-0.4, -0.2) is 40.8 Å². The topological polar surface area (TPSA) is 107 Å². The molecule has 0 saturated carbocycles. The normalized spacial score (nSPS) is 11.3. The van der Waals surface area contributed by atoms with Crippen molar-refractivity contribution >= 4 is 51.0 Å². The van der Waals surface area contributed by atoms with E-state index in [0.717, 1.165) is 9.87 Å². The Kier molecular flexibility index (Phi) is 10.9. The Morgan fingerprint density at radius 1 is 0.907 bits per heavy atom. The van der Waals surface area contributed by atoms with Gasteiger partial charge in [0.25, 0.3) is 15.9 Å². The van der Waals surface area contributed by atoms with Crippen LogP contribution in [0.4, 0.5) is 5.69 Å². The minimum Gasteiger partial charge on any atom is -0.493 e. The molecular formula is C31H29Cl2N3O6S. The zero-order valence-electron chi connectivity index (χ0n) is 23.4. The van der Waals surface area contributed by atoms with Crippen LogP contribution in [0, 0.1) is 0 Å². The van der Waals surface area contributed by atoms with E-state index in [2.05, 4.69) is 10.5 Å². The molecule has 0 saturated heterocycles. The van der Waals surface area contributed by atoms with Crippen molar-refractivity contribution in [3.05, 3.63) is 112 Å². The second-order valence-corrected chi connectivity index (χ2v) is 11.7. The first kappa shape index (κ1) is 31.7. The first-order chi connectivity index (χ1) is 20.7. The maximum absolute atomic E-state index is 13.7. The van der Waals surface area contributed by atoms with Gasteiger partial charge in [0, 0.05) is 15.6 Å². The van der Waals surface area contributed by atoms with Gasteiger partial charge in [0.15, 0.2) is 11.5 Å². The summed E-state index contributed by atoms with van der Waals surface area (Å²) in [6.45, 7) is 1.77. The Morgan fingerprint density at radius 3 is 2.35 bits per heavy atom. The van der Waals surface area contributed by atoms with Crippen molar-refractivity contribution in [3.8, 4) is 17.2 Å². The number of rotatable bonds is 13. The molecule has 43 heavy (non-hydrogen) atoms. The average Bonchev–Trinajstić information content (AvgIpc) is 3.00. The van der Waals surface area contributed by atoms with Gasteiger partial charge >= 0.3 is 0 Å². The van der Waals surface area contributed by atoms with Gasteiger partial charge in [0.1, 0.15) is 18.9 Å². The predicted molar refractivity (Wildman–Crippen MR) is 168 cm³/mol. The number of hydrazone groups is 1. The molecule has 0 fully saturated rings. The Balaban J connectivity index is 1.50. The molecule has 0 bridgehead atoms. The van der Waals surface area contributed by atoms with Gasteiger partial charge in [0.05, 0.1) is 30.5 Å². The lowest BCUT2D eigenvalue weighted by molar-refractivity contribution is -0.119. The molecule has 9 nitrogen and oxygen atoms in total. The average molecular weight is 643 g/mol. The van der Waals surface area contributed by atoms with Crippen molar-refractivity contribution in [2.45, 2.75) is 18.4 Å². The van der Waals surface area contributed by atoms with Crippen LogP contribution in [-0.2, 0) is 21.4 Å². The summed E-state index contributed by atoms with van der Waals surface area (Å²) < 4.78 is 45.3. The van der Waals surface area contributed by atoms with Crippen molar-refractivity contribution in [1.82, 2.24) is 5.43 Å². The van der Waals surface area contributed by atoms with E-state index in [1.807, 2.05) is 18.2 Å². The van der Waals surface area contributed by atoms with E-state index in [0.29, 0.717) is 39.5 Å². The van der Waals surface area contributed by atoms with Gasteiger partial charge in [-0.15, -0.1) is 0 Å². The maximum atomic E-state index is 13.7. The van der Waals surface area contributed by atoms with Crippen LogP contribution in [0.5, 0.6) is 17.2 Å². The number of ether oxygens (including phenoxy) is 3. The molecule has 0 spiro atoms. The van der Waals surface area contributed by atoms with E-state index in [4.69, 9.17) is 37.4 Å². The van der Waals surface area contributed by atoms with Crippen LogP contribution in [0.3, 0.4) is 0 Å². The summed E-state index contributed by atoms with van der Waals surface area (Å²) >= 11 is 12.2. The first-order valence-electron chi connectivity index (χ1n) is 13.1. The van der Waals surface area contributed by atoms with Crippen LogP contribution < -0.4 is 23.9 Å². The lowest BCUT2D eigenvalue weighted by Crippen LogP contribution is -2.39. The molecule has 0 unspecified atom stereocenters. The number of para-hydroxylation sites is 2. The van der Waals surface area contributed by atoms with Gasteiger partial charge in [-0.3, -0.25) is 9.10 Å². The number of halogens is 2. The highest BCUT2D eigenvalue weighted by Gasteiger charge is 2.29. The van der Waals surface area contributed by atoms with Crippen LogP contribution in [0.2, 0.25) is 10.0 Å². The lowest BCUT2D eigenvalue weighted by Gasteiger charge is -2.25. The van der Waals surface area contributed by atoms with Crippen molar-refractivity contribution in [3.63, 3.8) is 0 Å². The molecular weight excluding hydrogens is 613 g/mol. The van der Waals surface area contributed by atoms with E-state index in [9.17, 15) is 13.2 Å². The number of hydrogen-bond donors (Lipinski definition) is 1. The van der Waals surface area contributed by atoms with Gasteiger partial charge in [-0.05, 0) is 73.2 Å². The Hall–Kier alpha value is -4.25. The summed E-state index contributed by atoms with van der Waals surface area (Å²) in [5.41, 5.74) is 4.04. The molecule has 0 aliphatic rings. The minimum absolute atomic E-state index is 0.0385. The van der Waals surface area contributed by atoms with Crippen LogP contribution in [0.25, 0.3) is 0 Å². The molecule has 224 valence electrons. The van der Waals surface area contributed by atoms with Crippen LogP contribution in [0.15, 0.2) is 101 Å². The number of carbonyl (C=O) groups excluding carboxylic acids is 1. The molecule has 0 aliphatic heterocycles. The molecule has 4 aromatic carbocycles. The Morgan fingerprint density at radius 2 is 1.63 bits per heavy atom. The molecule has 1 amide bonds. The van der Waals surface area contributed by atoms with E-state index < -0.39 is 22.5 Å². The molecule has 12 heteroatoms. The number of methoxy groups -OCH3 is 1. The molecule has 0 heterocycles. The number of amides is 1. The SMILES string of the molecule is CCOc1ccccc1N(CC(=O)N/N=C\c1ccc(OCc2ccccc2Cl)c(OC)c1)S(=O)(=O)c1ccc(Cl)cc1. The van der Waals surface area contributed by atoms with Gasteiger partial charge in [0.2, 0.25) is 0 Å². The van der Waals surface area contributed by atoms with Gasteiger partial charge in [-0.2, -0.15) is 5.10 Å². The molecule has 0 atom stereocenters. The molecule has 4 rings (SSSR count). The number of sulfonamides is 1. The Bertz CT molecular complexity index is 1700. The summed E-state index contributed by atoms with van der Waals surface area (Å²) in [5, 5.41) is 4.99. The van der Waals surface area contributed by atoms with Crippen molar-refractivity contribution in [2.24, 2.45) is 5.10 Å².